The molecule has 2 unspecified atom stereocenters. The summed E-state index contributed by atoms with van der Waals surface area (Å²) in [6.07, 6.45) is 0.0431. The van der Waals surface area contributed by atoms with Crippen molar-refractivity contribution in [3.63, 3.8) is 0 Å². The van der Waals surface area contributed by atoms with Crippen LogP contribution in [-0.4, -0.2) is 16.4 Å². The van der Waals surface area contributed by atoms with Crippen LogP contribution in [0.4, 0.5) is 11.4 Å². The van der Waals surface area contributed by atoms with E-state index >= 15 is 0 Å². The van der Waals surface area contributed by atoms with E-state index in [1.807, 2.05) is 48.5 Å². The lowest BCUT2D eigenvalue weighted by atomic mass is 10.1. The number of nitrogens with one attached hydrogen (secondary N) is 1. The number of benzene rings is 2. The molecule has 0 bridgehead atoms. The van der Waals surface area contributed by atoms with Gasteiger partial charge in [-0.15, -0.1) is 0 Å². The van der Waals surface area contributed by atoms with Gasteiger partial charge in [0.05, 0.1) is 23.3 Å². The van der Waals surface area contributed by atoms with Crippen LogP contribution < -0.4 is 5.32 Å². The number of hydrogen-bond acceptors (Lipinski definition) is 4. The van der Waals surface area contributed by atoms with Crippen LogP contribution in [0.1, 0.15) is 23.3 Å². The van der Waals surface area contributed by atoms with E-state index in [2.05, 4.69) is 10.3 Å². The van der Waals surface area contributed by atoms with E-state index in [0.29, 0.717) is 11.3 Å². The Balaban J connectivity index is 1.82. The first kappa shape index (κ1) is 12.3. The first-order valence-corrected chi connectivity index (χ1v) is 6.85. The quantitative estimate of drug-likeness (QED) is 0.694. The summed E-state index contributed by atoms with van der Waals surface area (Å²) in [6, 6.07) is 15.1. The zero-order chi connectivity index (χ0) is 14.4. The van der Waals surface area contributed by atoms with E-state index in [-0.39, 0.29) is 0 Å². The molecular weight excluding hydrogens is 264 g/mol. The van der Waals surface area contributed by atoms with Gasteiger partial charge in [-0.2, -0.15) is 0 Å². The number of para-hydroxylation sites is 2. The van der Waals surface area contributed by atoms with Crippen molar-refractivity contribution in [3.8, 4) is 0 Å². The molecule has 1 aliphatic carbocycles. The van der Waals surface area contributed by atoms with Gasteiger partial charge in [0.15, 0.2) is 0 Å². The Morgan fingerprint density at radius 2 is 1.48 bits per heavy atom. The van der Waals surface area contributed by atoms with E-state index < -0.39 is 12.2 Å². The van der Waals surface area contributed by atoms with Crippen molar-refractivity contribution in [2.24, 2.45) is 4.99 Å². The molecule has 3 N–H and O–H groups in total. The van der Waals surface area contributed by atoms with Gasteiger partial charge in [0.2, 0.25) is 0 Å². The minimum absolute atomic E-state index is 0.550. The molecule has 0 fully saturated rings. The second-order valence-corrected chi connectivity index (χ2v) is 5.20. The largest absolute Gasteiger partial charge is 0.384 e. The Morgan fingerprint density at radius 3 is 2.19 bits per heavy atom. The number of nitrogens with zero attached hydrogens (tertiary/aromatic N) is 1. The van der Waals surface area contributed by atoms with Gasteiger partial charge in [-0.3, -0.25) is 4.99 Å². The van der Waals surface area contributed by atoms with E-state index in [9.17, 15) is 10.2 Å². The van der Waals surface area contributed by atoms with E-state index in [0.717, 1.165) is 22.5 Å². The average Bonchev–Trinajstić information content (AvgIpc) is 2.79. The number of rotatable bonds is 0. The topological polar surface area (TPSA) is 64.9 Å². The monoisotopic (exact) mass is 278 g/mol. The molecule has 1 heterocycles. The van der Waals surface area contributed by atoms with Crippen LogP contribution in [0.3, 0.4) is 0 Å². The first-order valence-electron chi connectivity index (χ1n) is 6.85. The Morgan fingerprint density at radius 1 is 0.857 bits per heavy atom. The molecule has 0 amide bonds. The summed E-state index contributed by atoms with van der Waals surface area (Å²) in [5.74, 6) is 0. The third kappa shape index (κ3) is 1.81. The summed E-state index contributed by atoms with van der Waals surface area (Å²) in [4.78, 5) is 4.38. The predicted octanol–water partition coefficient (Wildman–Crippen LogP) is 2.85. The summed E-state index contributed by atoms with van der Waals surface area (Å²) in [5.41, 5.74) is 4.43. The van der Waals surface area contributed by atoms with Crippen LogP contribution in [0.15, 0.2) is 64.8 Å². The second-order valence-electron chi connectivity index (χ2n) is 5.20. The predicted molar refractivity (Wildman–Crippen MR) is 81.6 cm³/mol. The van der Waals surface area contributed by atoms with Crippen molar-refractivity contribution < 1.29 is 10.2 Å². The maximum atomic E-state index is 10.5. The molecule has 4 nitrogen and oxygen atoms in total. The molecule has 2 atom stereocenters. The zero-order valence-electron chi connectivity index (χ0n) is 11.2. The summed E-state index contributed by atoms with van der Waals surface area (Å²) in [5, 5.41) is 24.2. The van der Waals surface area contributed by atoms with Crippen LogP contribution in [-0.2, 0) is 0 Å². The van der Waals surface area contributed by atoms with Gasteiger partial charge in [-0.25, -0.2) is 0 Å². The molecule has 0 radical (unpaired) electrons. The number of aliphatic hydroxyl groups is 2. The molecule has 2 aromatic rings. The molecule has 1 aliphatic heterocycles. The van der Waals surface area contributed by atoms with Crippen molar-refractivity contribution >= 4 is 17.6 Å². The molecule has 2 aliphatic rings. The zero-order valence-corrected chi connectivity index (χ0v) is 11.2. The van der Waals surface area contributed by atoms with Gasteiger partial charge in [0.1, 0.15) is 12.2 Å². The molecule has 0 saturated heterocycles. The molecule has 4 heteroatoms. The Labute approximate surface area is 122 Å². The molecule has 2 aromatic carbocycles. The highest BCUT2D eigenvalue weighted by Gasteiger charge is 2.35. The molecule has 0 aromatic heterocycles. The highest BCUT2D eigenvalue weighted by atomic mass is 16.3. The number of hydrogen-bond donors (Lipinski definition) is 3. The smallest absolute Gasteiger partial charge is 0.106 e. The molecule has 104 valence electrons. The van der Waals surface area contributed by atoms with Gasteiger partial charge in [0.25, 0.3) is 0 Å². The van der Waals surface area contributed by atoms with Crippen molar-refractivity contribution in [3.05, 3.63) is 70.9 Å². The van der Waals surface area contributed by atoms with Crippen LogP contribution in [0.5, 0.6) is 0 Å². The minimum atomic E-state index is -0.810. The number of fused-ring (bicyclic) bond motifs is 2. The van der Waals surface area contributed by atoms with E-state index in [1.54, 1.807) is 6.21 Å². The molecule has 0 spiro atoms. The highest BCUT2D eigenvalue weighted by Crippen LogP contribution is 2.45. The molecule has 4 rings (SSSR count). The lowest BCUT2D eigenvalue weighted by Gasteiger charge is -2.20. The number of anilines is 1. The van der Waals surface area contributed by atoms with Crippen LogP contribution in [0.2, 0.25) is 0 Å². The lowest BCUT2D eigenvalue weighted by Crippen LogP contribution is -2.13. The van der Waals surface area contributed by atoms with E-state index in [4.69, 9.17) is 0 Å². The normalized spacial score (nSPS) is 22.8. The van der Waals surface area contributed by atoms with Crippen molar-refractivity contribution in [1.82, 2.24) is 0 Å². The lowest BCUT2D eigenvalue weighted by molar-refractivity contribution is 0.170. The highest BCUT2D eigenvalue weighted by molar-refractivity contribution is 5.93. The van der Waals surface area contributed by atoms with Gasteiger partial charge in [-0.1, -0.05) is 36.4 Å². The SMILES string of the molecule is OC1C(=C2C=Nc3ccccc3N2)C(O)c2ccccc21. The van der Waals surface area contributed by atoms with Crippen LogP contribution >= 0.6 is 0 Å². The van der Waals surface area contributed by atoms with Crippen LogP contribution in [0, 0.1) is 0 Å². The molecule has 21 heavy (non-hydrogen) atoms. The summed E-state index contributed by atoms with van der Waals surface area (Å²) in [7, 11) is 0. The average molecular weight is 278 g/mol. The molecular formula is C17H14N2O2. The van der Waals surface area contributed by atoms with Crippen LogP contribution in [0.25, 0.3) is 0 Å². The maximum absolute atomic E-state index is 10.5. The van der Waals surface area contributed by atoms with Gasteiger partial charge >= 0.3 is 0 Å². The number of aliphatic imine (C=N–C) groups is 1. The fourth-order valence-electron chi connectivity index (χ4n) is 2.94. The van der Waals surface area contributed by atoms with Crippen molar-refractivity contribution in [2.75, 3.05) is 5.32 Å². The van der Waals surface area contributed by atoms with Gasteiger partial charge < -0.3 is 15.5 Å². The fourth-order valence-corrected chi connectivity index (χ4v) is 2.94. The van der Waals surface area contributed by atoms with Crippen molar-refractivity contribution in [1.29, 1.82) is 0 Å². The van der Waals surface area contributed by atoms with Crippen molar-refractivity contribution in [2.45, 2.75) is 12.2 Å². The van der Waals surface area contributed by atoms with Gasteiger partial charge in [0, 0.05) is 5.57 Å². The summed E-state index contributed by atoms with van der Waals surface area (Å²) in [6.45, 7) is 0. The number of allylic oxidation sites excluding steroid dienone is 1. The maximum Gasteiger partial charge on any atom is 0.106 e. The Bertz CT molecular complexity index is 749. The Kier molecular flexibility index (Phi) is 2.67. The second kappa shape index (κ2) is 4.55. The van der Waals surface area contributed by atoms with E-state index in [1.165, 1.54) is 0 Å². The van der Waals surface area contributed by atoms with Gasteiger partial charge in [-0.05, 0) is 23.3 Å². The Hall–Kier alpha value is -2.43. The summed E-state index contributed by atoms with van der Waals surface area (Å²) < 4.78 is 0. The number of aliphatic hydroxyl groups excluding tert-OH is 2. The minimum Gasteiger partial charge on any atom is -0.384 e. The third-order valence-electron chi connectivity index (χ3n) is 3.99. The first-order chi connectivity index (χ1) is 10.3. The standard InChI is InChI=1S/C17H14N2O2/c20-16-10-5-1-2-6-11(10)17(21)15(16)14-9-18-12-7-3-4-8-13(12)19-14/h1-9,16-17,19-21H. The fraction of sp³-hybridized carbons (Fsp3) is 0.118. The summed E-state index contributed by atoms with van der Waals surface area (Å²) >= 11 is 0. The molecule has 0 saturated carbocycles. The third-order valence-corrected chi connectivity index (χ3v) is 3.99.